The molecule has 0 aliphatic rings. The Kier molecular flexibility index (Phi) is 5.18. The molecule has 1 N–H and O–H groups in total. The lowest BCUT2D eigenvalue weighted by Gasteiger charge is -2.14. The van der Waals surface area contributed by atoms with E-state index in [1.54, 1.807) is 5.51 Å². The Morgan fingerprint density at radius 2 is 2.11 bits per heavy atom. The maximum absolute atomic E-state index is 9.90. The van der Waals surface area contributed by atoms with Crippen molar-refractivity contribution in [2.75, 3.05) is 12.4 Å². The molecule has 0 unspecified atom stereocenters. The number of hydrogen-bond donors (Lipinski definition) is 1. The lowest BCUT2D eigenvalue weighted by Crippen LogP contribution is -2.20. The molecule has 2 aromatic rings. The van der Waals surface area contributed by atoms with Gasteiger partial charge in [0, 0.05) is 5.75 Å². The van der Waals surface area contributed by atoms with Crippen LogP contribution in [0.5, 0.6) is 5.75 Å². The predicted octanol–water partition coefficient (Wildman–Crippen LogP) is 2.69. The average molecular weight is 296 g/mol. The third-order valence-electron chi connectivity index (χ3n) is 2.57. The van der Waals surface area contributed by atoms with Crippen molar-refractivity contribution in [3.63, 3.8) is 0 Å². The van der Waals surface area contributed by atoms with Gasteiger partial charge >= 0.3 is 0 Å². The number of ether oxygens (including phenoxy) is 1. The van der Waals surface area contributed by atoms with E-state index in [0.717, 1.165) is 21.2 Å². The van der Waals surface area contributed by atoms with Crippen molar-refractivity contribution in [3.8, 4) is 5.75 Å². The average Bonchev–Trinajstić information content (AvgIpc) is 2.89. The number of aryl methyl sites for hydroxylation is 2. The Morgan fingerprint density at radius 1 is 1.37 bits per heavy atom. The number of hydrogen-bond acceptors (Lipinski definition) is 6. The standard InChI is InChI=1S/C13H16N2O2S2/c1-9-4-3-5-10(2)12(9)17-6-11(16)7-18-13-15-14-8-19-13/h3-5,8,11,16H,6-7H2,1-2H3/t11-/m1/s1. The molecule has 0 spiro atoms. The normalized spacial score (nSPS) is 12.4. The molecule has 1 atom stereocenters. The fraction of sp³-hybridized carbons (Fsp3) is 0.385. The molecule has 0 saturated carbocycles. The van der Waals surface area contributed by atoms with Gasteiger partial charge in [0.05, 0.1) is 6.10 Å². The van der Waals surface area contributed by atoms with E-state index in [4.69, 9.17) is 4.74 Å². The second-order valence-corrected chi connectivity index (χ2v) is 6.30. The molecule has 4 nitrogen and oxygen atoms in total. The first kappa shape index (κ1) is 14.3. The molecule has 2 rings (SSSR count). The molecule has 0 fully saturated rings. The molecule has 0 amide bonds. The maximum atomic E-state index is 9.90. The van der Waals surface area contributed by atoms with Crippen LogP contribution in [-0.4, -0.2) is 33.8 Å². The zero-order valence-electron chi connectivity index (χ0n) is 10.9. The van der Waals surface area contributed by atoms with Crippen LogP contribution in [0.4, 0.5) is 0 Å². The summed E-state index contributed by atoms with van der Waals surface area (Å²) in [5.41, 5.74) is 3.86. The molecule has 1 aromatic carbocycles. The van der Waals surface area contributed by atoms with E-state index in [1.165, 1.54) is 23.1 Å². The van der Waals surface area contributed by atoms with Crippen molar-refractivity contribution in [2.24, 2.45) is 0 Å². The molecule has 102 valence electrons. The zero-order chi connectivity index (χ0) is 13.7. The van der Waals surface area contributed by atoms with E-state index in [-0.39, 0.29) is 6.61 Å². The van der Waals surface area contributed by atoms with Crippen LogP contribution >= 0.6 is 23.1 Å². The summed E-state index contributed by atoms with van der Waals surface area (Å²) < 4.78 is 6.57. The molecule has 0 bridgehead atoms. The van der Waals surface area contributed by atoms with E-state index in [9.17, 15) is 5.11 Å². The van der Waals surface area contributed by atoms with Crippen LogP contribution in [-0.2, 0) is 0 Å². The van der Waals surface area contributed by atoms with Crippen LogP contribution in [0.3, 0.4) is 0 Å². The second-order valence-electron chi connectivity index (χ2n) is 4.20. The number of thioether (sulfide) groups is 1. The third-order valence-corrected chi connectivity index (χ3v) is 4.57. The van der Waals surface area contributed by atoms with Gasteiger partial charge in [0.1, 0.15) is 17.9 Å². The van der Waals surface area contributed by atoms with Crippen LogP contribution in [0, 0.1) is 13.8 Å². The molecular formula is C13H16N2O2S2. The minimum atomic E-state index is -0.520. The van der Waals surface area contributed by atoms with Crippen molar-refractivity contribution in [2.45, 2.75) is 24.3 Å². The lowest BCUT2D eigenvalue weighted by atomic mass is 10.1. The Balaban J connectivity index is 1.81. The third kappa shape index (κ3) is 4.19. The summed E-state index contributed by atoms with van der Waals surface area (Å²) in [5.74, 6) is 1.42. The van der Waals surface area contributed by atoms with Gasteiger partial charge in [0.15, 0.2) is 4.34 Å². The van der Waals surface area contributed by atoms with Gasteiger partial charge in [-0.2, -0.15) is 0 Å². The van der Waals surface area contributed by atoms with Gasteiger partial charge in [0.25, 0.3) is 0 Å². The molecular weight excluding hydrogens is 280 g/mol. The molecule has 6 heteroatoms. The summed E-state index contributed by atoms with van der Waals surface area (Å²) in [6, 6.07) is 6.01. The van der Waals surface area contributed by atoms with Crippen molar-refractivity contribution in [3.05, 3.63) is 34.8 Å². The Morgan fingerprint density at radius 3 is 2.74 bits per heavy atom. The minimum Gasteiger partial charge on any atom is -0.490 e. The summed E-state index contributed by atoms with van der Waals surface area (Å²) in [5, 5.41) is 17.6. The molecule has 0 aliphatic heterocycles. The molecule has 19 heavy (non-hydrogen) atoms. The molecule has 0 radical (unpaired) electrons. The minimum absolute atomic E-state index is 0.289. The van der Waals surface area contributed by atoms with Crippen LogP contribution in [0.15, 0.2) is 28.0 Å². The highest BCUT2D eigenvalue weighted by molar-refractivity contribution is 8.01. The molecule has 1 aromatic heterocycles. The first-order valence-corrected chi connectivity index (χ1v) is 7.79. The van der Waals surface area contributed by atoms with E-state index in [0.29, 0.717) is 5.75 Å². The number of rotatable bonds is 6. The van der Waals surface area contributed by atoms with Gasteiger partial charge in [-0.15, -0.1) is 10.2 Å². The van der Waals surface area contributed by atoms with E-state index in [2.05, 4.69) is 10.2 Å². The molecule has 0 saturated heterocycles. The van der Waals surface area contributed by atoms with Gasteiger partial charge in [-0.1, -0.05) is 41.3 Å². The number of aliphatic hydroxyl groups is 1. The van der Waals surface area contributed by atoms with Crippen LogP contribution in [0.1, 0.15) is 11.1 Å². The van der Waals surface area contributed by atoms with Crippen LogP contribution < -0.4 is 4.74 Å². The highest BCUT2D eigenvalue weighted by Gasteiger charge is 2.10. The predicted molar refractivity (Wildman–Crippen MR) is 78.1 cm³/mol. The highest BCUT2D eigenvalue weighted by Crippen LogP contribution is 2.23. The number of aromatic nitrogens is 2. The van der Waals surface area contributed by atoms with E-state index in [1.807, 2.05) is 32.0 Å². The Labute approximate surface area is 120 Å². The summed E-state index contributed by atoms with van der Waals surface area (Å²) in [6.07, 6.45) is -0.520. The smallest absolute Gasteiger partial charge is 0.174 e. The van der Waals surface area contributed by atoms with Gasteiger partial charge in [-0.25, -0.2) is 0 Å². The fourth-order valence-electron chi connectivity index (χ4n) is 1.65. The fourth-order valence-corrected chi connectivity index (χ4v) is 3.07. The monoisotopic (exact) mass is 296 g/mol. The van der Waals surface area contributed by atoms with Gasteiger partial charge in [0.2, 0.25) is 0 Å². The van der Waals surface area contributed by atoms with Crippen LogP contribution in [0.2, 0.25) is 0 Å². The SMILES string of the molecule is Cc1cccc(C)c1OC[C@@H](O)CSc1nncs1. The van der Waals surface area contributed by atoms with Gasteiger partial charge < -0.3 is 9.84 Å². The van der Waals surface area contributed by atoms with Gasteiger partial charge in [-0.05, 0) is 25.0 Å². The highest BCUT2D eigenvalue weighted by atomic mass is 32.2. The number of para-hydroxylation sites is 1. The van der Waals surface area contributed by atoms with Crippen molar-refractivity contribution in [1.29, 1.82) is 0 Å². The number of aliphatic hydroxyl groups excluding tert-OH is 1. The topological polar surface area (TPSA) is 55.2 Å². The first-order valence-electron chi connectivity index (χ1n) is 5.93. The maximum Gasteiger partial charge on any atom is 0.174 e. The zero-order valence-corrected chi connectivity index (χ0v) is 12.5. The van der Waals surface area contributed by atoms with E-state index < -0.39 is 6.10 Å². The van der Waals surface area contributed by atoms with Gasteiger partial charge in [-0.3, -0.25) is 0 Å². The van der Waals surface area contributed by atoms with Crippen molar-refractivity contribution < 1.29 is 9.84 Å². The quantitative estimate of drug-likeness (QED) is 0.831. The largest absolute Gasteiger partial charge is 0.490 e. The van der Waals surface area contributed by atoms with Crippen molar-refractivity contribution >= 4 is 23.1 Å². The lowest BCUT2D eigenvalue weighted by molar-refractivity contribution is 0.125. The summed E-state index contributed by atoms with van der Waals surface area (Å²) in [4.78, 5) is 0. The second kappa shape index (κ2) is 6.88. The molecule has 1 heterocycles. The number of benzene rings is 1. The van der Waals surface area contributed by atoms with Crippen LogP contribution in [0.25, 0.3) is 0 Å². The Hall–Kier alpha value is -1.11. The first-order chi connectivity index (χ1) is 9.16. The number of nitrogens with zero attached hydrogens (tertiary/aromatic N) is 2. The van der Waals surface area contributed by atoms with Crippen molar-refractivity contribution in [1.82, 2.24) is 10.2 Å². The summed E-state index contributed by atoms with van der Waals surface area (Å²) >= 11 is 2.97. The van der Waals surface area contributed by atoms with E-state index >= 15 is 0 Å². The summed E-state index contributed by atoms with van der Waals surface area (Å²) in [6.45, 7) is 4.30. The Bertz CT molecular complexity index is 497. The summed E-state index contributed by atoms with van der Waals surface area (Å²) in [7, 11) is 0. The molecule has 0 aliphatic carbocycles.